The van der Waals surface area contributed by atoms with E-state index in [4.69, 9.17) is 25.5 Å². The Hall–Kier alpha value is -3.24. The molecular formula is C24H19ClO4. The minimum Gasteiger partial charge on any atom is -0.497 e. The first kappa shape index (κ1) is 19.1. The van der Waals surface area contributed by atoms with E-state index in [-0.39, 0.29) is 17.8 Å². The fourth-order valence-corrected chi connectivity index (χ4v) is 3.23. The van der Waals surface area contributed by atoms with Crippen LogP contribution in [0.5, 0.6) is 11.5 Å². The molecule has 4 aromatic rings. The van der Waals surface area contributed by atoms with Crippen molar-refractivity contribution < 1.29 is 13.9 Å². The number of hydrogen-bond acceptors (Lipinski definition) is 4. The van der Waals surface area contributed by atoms with Gasteiger partial charge < -0.3 is 13.9 Å². The number of methoxy groups -OCH3 is 1. The average molecular weight is 407 g/mol. The van der Waals surface area contributed by atoms with Crippen molar-refractivity contribution in [1.29, 1.82) is 0 Å². The predicted molar refractivity (Wildman–Crippen MR) is 115 cm³/mol. The van der Waals surface area contributed by atoms with Crippen LogP contribution in [0.1, 0.15) is 11.1 Å². The van der Waals surface area contributed by atoms with E-state index in [1.807, 2.05) is 55.5 Å². The second kappa shape index (κ2) is 8.02. The van der Waals surface area contributed by atoms with Crippen molar-refractivity contribution >= 4 is 22.6 Å². The van der Waals surface area contributed by atoms with Gasteiger partial charge in [-0.2, -0.15) is 0 Å². The first-order valence-corrected chi connectivity index (χ1v) is 9.52. The molecule has 5 heteroatoms. The minimum atomic E-state index is -0.258. The van der Waals surface area contributed by atoms with Gasteiger partial charge in [0.15, 0.2) is 5.76 Å². The minimum absolute atomic E-state index is 0.158. The molecule has 0 spiro atoms. The highest BCUT2D eigenvalue weighted by Crippen LogP contribution is 2.33. The molecule has 0 amide bonds. The Labute approximate surface area is 173 Å². The van der Waals surface area contributed by atoms with Crippen LogP contribution in [0.3, 0.4) is 0 Å². The van der Waals surface area contributed by atoms with E-state index in [1.54, 1.807) is 25.3 Å². The van der Waals surface area contributed by atoms with Gasteiger partial charge in [0.2, 0.25) is 11.2 Å². The summed E-state index contributed by atoms with van der Waals surface area (Å²) in [6.07, 6.45) is 0. The lowest BCUT2D eigenvalue weighted by atomic mass is 10.1. The Morgan fingerprint density at radius 1 is 0.966 bits per heavy atom. The summed E-state index contributed by atoms with van der Waals surface area (Å²) in [7, 11) is 1.60. The van der Waals surface area contributed by atoms with Gasteiger partial charge in [0, 0.05) is 10.6 Å². The largest absolute Gasteiger partial charge is 0.497 e. The van der Waals surface area contributed by atoms with Crippen LogP contribution in [-0.2, 0) is 6.61 Å². The number of aryl methyl sites for hydroxylation is 1. The van der Waals surface area contributed by atoms with Gasteiger partial charge in [0.05, 0.1) is 12.5 Å². The molecule has 0 saturated carbocycles. The van der Waals surface area contributed by atoms with Gasteiger partial charge in [0.1, 0.15) is 17.9 Å². The van der Waals surface area contributed by atoms with Gasteiger partial charge >= 0.3 is 0 Å². The van der Waals surface area contributed by atoms with Crippen LogP contribution in [0.4, 0.5) is 0 Å². The molecule has 146 valence electrons. The number of halogens is 1. The second-order valence-electron chi connectivity index (χ2n) is 6.73. The summed E-state index contributed by atoms with van der Waals surface area (Å²) in [5.41, 5.74) is 3.03. The van der Waals surface area contributed by atoms with Crippen molar-refractivity contribution in [3.8, 4) is 22.8 Å². The van der Waals surface area contributed by atoms with Crippen LogP contribution in [0.15, 0.2) is 75.9 Å². The van der Waals surface area contributed by atoms with Crippen LogP contribution in [-0.4, -0.2) is 7.11 Å². The molecule has 0 aliphatic rings. The molecule has 0 aliphatic heterocycles. The first-order valence-electron chi connectivity index (χ1n) is 9.14. The van der Waals surface area contributed by atoms with Crippen molar-refractivity contribution in [2.24, 2.45) is 0 Å². The summed E-state index contributed by atoms with van der Waals surface area (Å²) in [6, 6.07) is 20.2. The van der Waals surface area contributed by atoms with Gasteiger partial charge in [0.25, 0.3) is 0 Å². The van der Waals surface area contributed by atoms with Crippen LogP contribution >= 0.6 is 11.6 Å². The fourth-order valence-electron chi connectivity index (χ4n) is 3.05. The lowest BCUT2D eigenvalue weighted by Crippen LogP contribution is -2.10. The molecule has 0 atom stereocenters. The standard InChI is InChI=1S/C24H19ClO4/c1-15-3-5-16(6-4-15)14-28-24-22(26)20-13-18(25)9-12-21(20)29-23(24)17-7-10-19(27-2)11-8-17/h3-13H,14H2,1-2H3. The molecule has 3 aromatic carbocycles. The van der Waals surface area contributed by atoms with Crippen LogP contribution in [0, 0.1) is 6.92 Å². The summed E-state index contributed by atoms with van der Waals surface area (Å²) in [6.45, 7) is 2.27. The number of rotatable bonds is 5. The van der Waals surface area contributed by atoms with E-state index < -0.39 is 0 Å². The normalized spacial score (nSPS) is 10.9. The Kier molecular flexibility index (Phi) is 5.28. The predicted octanol–water partition coefficient (Wildman–Crippen LogP) is 6.01. The monoisotopic (exact) mass is 406 g/mol. The molecule has 4 nitrogen and oxygen atoms in total. The van der Waals surface area contributed by atoms with Gasteiger partial charge in [-0.1, -0.05) is 41.4 Å². The van der Waals surface area contributed by atoms with Gasteiger partial charge in [-0.15, -0.1) is 0 Å². The maximum Gasteiger partial charge on any atom is 0.235 e. The lowest BCUT2D eigenvalue weighted by Gasteiger charge is -2.12. The molecular weight excluding hydrogens is 388 g/mol. The van der Waals surface area contributed by atoms with E-state index in [9.17, 15) is 4.79 Å². The zero-order valence-corrected chi connectivity index (χ0v) is 16.8. The third-order valence-corrected chi connectivity index (χ3v) is 4.90. The quantitative estimate of drug-likeness (QED) is 0.407. The van der Waals surface area contributed by atoms with Crippen molar-refractivity contribution in [2.45, 2.75) is 13.5 Å². The second-order valence-corrected chi connectivity index (χ2v) is 7.17. The number of fused-ring (bicyclic) bond motifs is 1. The average Bonchev–Trinajstić information content (AvgIpc) is 2.74. The highest BCUT2D eigenvalue weighted by Gasteiger charge is 2.18. The SMILES string of the molecule is COc1ccc(-c2oc3ccc(Cl)cc3c(=O)c2OCc2ccc(C)cc2)cc1. The van der Waals surface area contributed by atoms with E-state index in [1.165, 1.54) is 0 Å². The van der Waals surface area contributed by atoms with Gasteiger partial charge in [-0.25, -0.2) is 0 Å². The Morgan fingerprint density at radius 2 is 1.69 bits per heavy atom. The maximum absolute atomic E-state index is 13.2. The molecule has 0 saturated heterocycles. The lowest BCUT2D eigenvalue weighted by molar-refractivity contribution is 0.298. The zero-order chi connectivity index (χ0) is 20.4. The van der Waals surface area contributed by atoms with E-state index in [2.05, 4.69) is 0 Å². The molecule has 1 heterocycles. The maximum atomic E-state index is 13.2. The van der Waals surface area contributed by atoms with E-state index in [0.29, 0.717) is 27.5 Å². The molecule has 4 rings (SSSR count). The van der Waals surface area contributed by atoms with Gasteiger partial charge in [-0.3, -0.25) is 4.79 Å². The molecule has 0 fully saturated rings. The molecule has 0 radical (unpaired) electrons. The summed E-state index contributed by atoms with van der Waals surface area (Å²) < 4.78 is 17.3. The highest BCUT2D eigenvalue weighted by molar-refractivity contribution is 6.31. The van der Waals surface area contributed by atoms with Crippen molar-refractivity contribution in [1.82, 2.24) is 0 Å². The zero-order valence-electron chi connectivity index (χ0n) is 16.1. The first-order chi connectivity index (χ1) is 14.0. The van der Waals surface area contributed by atoms with Crippen LogP contribution < -0.4 is 14.9 Å². The number of benzene rings is 3. The van der Waals surface area contributed by atoms with E-state index in [0.717, 1.165) is 16.7 Å². The van der Waals surface area contributed by atoms with Crippen molar-refractivity contribution in [2.75, 3.05) is 7.11 Å². The molecule has 0 unspecified atom stereocenters. The highest BCUT2D eigenvalue weighted by atomic mass is 35.5. The van der Waals surface area contributed by atoms with Crippen LogP contribution in [0.2, 0.25) is 5.02 Å². The Bertz CT molecular complexity index is 1210. The number of ether oxygens (including phenoxy) is 2. The third-order valence-electron chi connectivity index (χ3n) is 4.67. The smallest absolute Gasteiger partial charge is 0.235 e. The topological polar surface area (TPSA) is 48.7 Å². The third kappa shape index (κ3) is 3.98. The van der Waals surface area contributed by atoms with Gasteiger partial charge in [-0.05, 0) is 55.0 Å². The summed E-state index contributed by atoms with van der Waals surface area (Å²) >= 11 is 6.09. The summed E-state index contributed by atoms with van der Waals surface area (Å²) in [4.78, 5) is 13.2. The summed E-state index contributed by atoms with van der Waals surface area (Å²) in [5.74, 6) is 1.25. The van der Waals surface area contributed by atoms with Crippen molar-refractivity contribution in [3.63, 3.8) is 0 Å². The van der Waals surface area contributed by atoms with E-state index >= 15 is 0 Å². The van der Waals surface area contributed by atoms with Crippen molar-refractivity contribution in [3.05, 3.63) is 93.1 Å². The molecule has 1 aromatic heterocycles. The number of hydrogen-bond donors (Lipinski definition) is 0. The molecule has 0 aliphatic carbocycles. The Morgan fingerprint density at radius 3 is 2.38 bits per heavy atom. The molecule has 0 bridgehead atoms. The molecule has 0 N–H and O–H groups in total. The Balaban J connectivity index is 1.82. The molecule has 29 heavy (non-hydrogen) atoms. The summed E-state index contributed by atoms with van der Waals surface area (Å²) in [5, 5.41) is 0.847. The van der Waals surface area contributed by atoms with Crippen LogP contribution in [0.25, 0.3) is 22.3 Å². The fraction of sp³-hybridized carbons (Fsp3) is 0.125.